The number of Topliss-reactive ketones (excluding diaryl/α,β-unsaturated/α-hetero) is 2. The van der Waals surface area contributed by atoms with Gasteiger partial charge in [0.2, 0.25) is 11.3 Å². The van der Waals surface area contributed by atoms with Crippen molar-refractivity contribution in [3.05, 3.63) is 35.9 Å². The van der Waals surface area contributed by atoms with Gasteiger partial charge in [-0.15, -0.1) is 0 Å². The van der Waals surface area contributed by atoms with Crippen molar-refractivity contribution in [2.45, 2.75) is 19.4 Å². The maximum absolute atomic E-state index is 12.0. The first kappa shape index (κ1) is 9.77. The van der Waals surface area contributed by atoms with Crippen molar-refractivity contribution in [3.8, 4) is 0 Å². The molecule has 0 N–H and O–H groups in total. The second-order valence-corrected chi connectivity index (χ2v) is 3.66. The normalized spacial score (nSPS) is 23.2. The maximum Gasteiger partial charge on any atom is 0.218 e. The molecule has 1 aromatic rings. The number of hydrogen-bond donors (Lipinski definition) is 0. The molecule has 0 saturated heterocycles. The molecule has 0 aromatic heterocycles. The number of benzene rings is 1. The van der Waals surface area contributed by atoms with E-state index in [1.54, 1.807) is 31.2 Å². The Morgan fingerprint density at radius 2 is 1.73 bits per heavy atom. The lowest BCUT2D eigenvalue weighted by Crippen LogP contribution is -2.37. The molecule has 1 unspecified atom stereocenters. The van der Waals surface area contributed by atoms with E-state index in [2.05, 4.69) is 4.99 Å². The Morgan fingerprint density at radius 3 is 2.13 bits per heavy atom. The number of carbonyl (C=O) groups excluding carboxylic acids is 2. The van der Waals surface area contributed by atoms with Crippen LogP contribution in [0.4, 0.5) is 0 Å². The van der Waals surface area contributed by atoms with Crippen molar-refractivity contribution >= 4 is 17.3 Å². The molecule has 3 heteroatoms. The van der Waals surface area contributed by atoms with E-state index in [1.807, 2.05) is 6.07 Å². The predicted octanol–water partition coefficient (Wildman–Crippen LogP) is 1.67. The van der Waals surface area contributed by atoms with E-state index >= 15 is 0 Å². The fourth-order valence-corrected chi connectivity index (χ4v) is 1.73. The number of aliphatic imine (C=N–C) groups is 1. The fraction of sp³-hybridized carbons (Fsp3) is 0.250. The molecule has 1 aliphatic rings. The van der Waals surface area contributed by atoms with Gasteiger partial charge in [-0.25, -0.2) is 0 Å². The zero-order valence-electron chi connectivity index (χ0n) is 8.65. The standard InChI is InChI=1S/C12H11NO2/c1-8-12(13-8,9(2)14)11(15)10-6-4-3-5-7-10/h3-7H,1-2H3. The van der Waals surface area contributed by atoms with Crippen molar-refractivity contribution in [1.29, 1.82) is 0 Å². The van der Waals surface area contributed by atoms with Crippen LogP contribution in [0.15, 0.2) is 35.3 Å². The summed E-state index contributed by atoms with van der Waals surface area (Å²) in [5.41, 5.74) is -0.0152. The highest BCUT2D eigenvalue weighted by atomic mass is 16.2. The Labute approximate surface area is 87.8 Å². The van der Waals surface area contributed by atoms with Crippen LogP contribution in [-0.4, -0.2) is 22.8 Å². The number of hydrogen-bond acceptors (Lipinski definition) is 3. The minimum Gasteiger partial charge on any atom is -0.296 e. The molecule has 2 rings (SSSR count). The SMILES string of the molecule is CC(=O)C1(C(=O)c2ccccc2)N=C1C. The molecule has 1 aromatic carbocycles. The van der Waals surface area contributed by atoms with Crippen LogP contribution >= 0.6 is 0 Å². The second kappa shape index (κ2) is 3.12. The quantitative estimate of drug-likeness (QED) is 0.551. The van der Waals surface area contributed by atoms with E-state index in [9.17, 15) is 9.59 Å². The molecular formula is C12H11NO2. The second-order valence-electron chi connectivity index (χ2n) is 3.66. The number of rotatable bonds is 3. The van der Waals surface area contributed by atoms with Gasteiger partial charge in [0.1, 0.15) is 0 Å². The van der Waals surface area contributed by atoms with Crippen LogP contribution < -0.4 is 0 Å². The van der Waals surface area contributed by atoms with E-state index < -0.39 is 5.54 Å². The van der Waals surface area contributed by atoms with Gasteiger partial charge < -0.3 is 0 Å². The molecule has 0 fully saturated rings. The van der Waals surface area contributed by atoms with Gasteiger partial charge in [-0.3, -0.25) is 14.6 Å². The highest BCUT2D eigenvalue weighted by molar-refractivity contribution is 6.41. The minimum absolute atomic E-state index is 0.200. The summed E-state index contributed by atoms with van der Waals surface area (Å²) < 4.78 is 0. The lowest BCUT2D eigenvalue weighted by atomic mass is 9.90. The zero-order chi connectivity index (χ0) is 11.1. The van der Waals surface area contributed by atoms with Gasteiger partial charge in [-0.2, -0.15) is 0 Å². The van der Waals surface area contributed by atoms with Crippen LogP contribution in [0.3, 0.4) is 0 Å². The van der Waals surface area contributed by atoms with Crippen molar-refractivity contribution in [1.82, 2.24) is 0 Å². The van der Waals surface area contributed by atoms with Crippen molar-refractivity contribution < 1.29 is 9.59 Å². The van der Waals surface area contributed by atoms with Gasteiger partial charge in [0, 0.05) is 5.56 Å². The molecule has 0 aliphatic carbocycles. The Kier molecular flexibility index (Phi) is 2.03. The molecule has 0 amide bonds. The lowest BCUT2D eigenvalue weighted by Gasteiger charge is -2.09. The summed E-state index contributed by atoms with van der Waals surface area (Å²) >= 11 is 0. The first-order valence-corrected chi connectivity index (χ1v) is 4.77. The Hall–Kier alpha value is -1.77. The monoisotopic (exact) mass is 201 g/mol. The third-order valence-electron chi connectivity index (χ3n) is 2.68. The summed E-state index contributed by atoms with van der Waals surface area (Å²) in [6.07, 6.45) is 0. The first-order valence-electron chi connectivity index (χ1n) is 4.77. The van der Waals surface area contributed by atoms with Crippen molar-refractivity contribution in [2.24, 2.45) is 4.99 Å². The summed E-state index contributed by atoms with van der Waals surface area (Å²) in [6, 6.07) is 8.79. The number of nitrogens with zero attached hydrogens (tertiary/aromatic N) is 1. The van der Waals surface area contributed by atoms with Gasteiger partial charge in [0.25, 0.3) is 0 Å². The summed E-state index contributed by atoms with van der Waals surface area (Å²) in [7, 11) is 0. The summed E-state index contributed by atoms with van der Waals surface area (Å²) in [4.78, 5) is 27.4. The first-order chi connectivity index (χ1) is 7.09. The molecule has 0 saturated carbocycles. The molecule has 1 aliphatic heterocycles. The fourth-order valence-electron chi connectivity index (χ4n) is 1.73. The highest BCUT2D eigenvalue weighted by Crippen LogP contribution is 2.32. The van der Waals surface area contributed by atoms with Crippen LogP contribution in [0, 0.1) is 0 Å². The number of carbonyl (C=O) groups is 2. The summed E-state index contributed by atoms with van der Waals surface area (Å²) in [5, 5.41) is 0. The van der Waals surface area contributed by atoms with Crippen LogP contribution in [-0.2, 0) is 4.79 Å². The van der Waals surface area contributed by atoms with Gasteiger partial charge in [-0.05, 0) is 13.8 Å². The Morgan fingerprint density at radius 1 is 1.20 bits per heavy atom. The third-order valence-corrected chi connectivity index (χ3v) is 2.68. The molecule has 0 spiro atoms. The van der Waals surface area contributed by atoms with Gasteiger partial charge in [0.05, 0.1) is 5.71 Å². The molecule has 0 radical (unpaired) electrons. The minimum atomic E-state index is -1.17. The molecule has 3 nitrogen and oxygen atoms in total. The zero-order valence-corrected chi connectivity index (χ0v) is 8.65. The topological polar surface area (TPSA) is 46.5 Å². The van der Waals surface area contributed by atoms with Crippen molar-refractivity contribution in [2.75, 3.05) is 0 Å². The third kappa shape index (κ3) is 1.31. The maximum atomic E-state index is 12.0. The van der Waals surface area contributed by atoms with Gasteiger partial charge >= 0.3 is 0 Å². The number of ketones is 2. The predicted molar refractivity (Wildman–Crippen MR) is 57.3 cm³/mol. The molecule has 1 atom stereocenters. The molecule has 76 valence electrons. The summed E-state index contributed by atoms with van der Waals surface area (Å²) in [6.45, 7) is 3.11. The van der Waals surface area contributed by atoms with Gasteiger partial charge in [-0.1, -0.05) is 30.3 Å². The van der Waals surface area contributed by atoms with Crippen LogP contribution in [0.1, 0.15) is 24.2 Å². The molecule has 15 heavy (non-hydrogen) atoms. The van der Waals surface area contributed by atoms with E-state index in [0.717, 1.165) is 0 Å². The van der Waals surface area contributed by atoms with Crippen LogP contribution in [0.2, 0.25) is 0 Å². The smallest absolute Gasteiger partial charge is 0.218 e. The van der Waals surface area contributed by atoms with Crippen molar-refractivity contribution in [3.63, 3.8) is 0 Å². The van der Waals surface area contributed by atoms with E-state index in [-0.39, 0.29) is 11.6 Å². The Balaban J connectivity index is 2.34. The highest BCUT2D eigenvalue weighted by Gasteiger charge is 2.55. The van der Waals surface area contributed by atoms with Crippen LogP contribution in [0.25, 0.3) is 0 Å². The lowest BCUT2D eigenvalue weighted by molar-refractivity contribution is -0.117. The average molecular weight is 201 g/mol. The molecule has 1 heterocycles. The van der Waals surface area contributed by atoms with E-state index in [1.165, 1.54) is 6.92 Å². The van der Waals surface area contributed by atoms with E-state index in [4.69, 9.17) is 0 Å². The largest absolute Gasteiger partial charge is 0.296 e. The van der Waals surface area contributed by atoms with Gasteiger partial charge in [0.15, 0.2) is 5.78 Å². The van der Waals surface area contributed by atoms with E-state index in [0.29, 0.717) is 11.3 Å². The van der Waals surface area contributed by atoms with Crippen LogP contribution in [0.5, 0.6) is 0 Å². The summed E-state index contributed by atoms with van der Waals surface area (Å²) in [5.74, 6) is -0.415. The molecular weight excluding hydrogens is 190 g/mol. The average Bonchev–Trinajstić information content (AvgIpc) is 2.92. The Bertz CT molecular complexity index is 462. The molecule has 0 bridgehead atoms.